The second-order valence-corrected chi connectivity index (χ2v) is 8.10. The second-order valence-electron chi connectivity index (χ2n) is 7.65. The van der Waals surface area contributed by atoms with Crippen molar-refractivity contribution < 1.29 is 9.90 Å². The number of aromatic nitrogens is 4. The zero-order valence-corrected chi connectivity index (χ0v) is 17.8. The van der Waals surface area contributed by atoms with Crippen LogP contribution in [0.4, 0.5) is 0 Å². The Morgan fingerprint density at radius 3 is 2.77 bits per heavy atom. The zero-order chi connectivity index (χ0) is 20.9. The highest BCUT2D eigenvalue weighted by Gasteiger charge is 2.27. The molecule has 1 aliphatic carbocycles. The average Bonchev–Trinajstić information content (AvgIpc) is 3.36. The van der Waals surface area contributed by atoms with E-state index >= 15 is 0 Å². The van der Waals surface area contributed by atoms with Crippen LogP contribution in [-0.4, -0.2) is 43.3 Å². The Morgan fingerprint density at radius 1 is 1.17 bits per heavy atom. The van der Waals surface area contributed by atoms with Crippen molar-refractivity contribution in [3.8, 4) is 17.0 Å². The number of thiol groups is 1. The molecule has 2 aromatic heterocycles. The Morgan fingerprint density at radius 2 is 1.97 bits per heavy atom. The first-order chi connectivity index (χ1) is 14.7. The average molecular weight is 426 g/mol. The van der Waals surface area contributed by atoms with Gasteiger partial charge in [-0.3, -0.25) is 14.6 Å². The molecule has 0 radical (unpaired) electrons. The van der Waals surface area contributed by atoms with Gasteiger partial charge in [-0.25, -0.2) is 0 Å². The van der Waals surface area contributed by atoms with Crippen molar-refractivity contribution in [3.63, 3.8) is 0 Å². The summed E-state index contributed by atoms with van der Waals surface area (Å²) < 4.78 is 1.98. The summed E-state index contributed by atoms with van der Waals surface area (Å²) in [6.07, 6.45) is 7.74. The summed E-state index contributed by atoms with van der Waals surface area (Å²) in [6, 6.07) is 7.16. The predicted octanol–water partition coefficient (Wildman–Crippen LogP) is 3.35. The summed E-state index contributed by atoms with van der Waals surface area (Å²) in [5.41, 5.74) is 5.58. The predicted molar refractivity (Wildman–Crippen MR) is 119 cm³/mol. The second kappa shape index (κ2) is 9.38. The van der Waals surface area contributed by atoms with Gasteiger partial charge < -0.3 is 10.4 Å². The molecule has 0 spiro atoms. The number of hydrogen-bond acceptors (Lipinski definition) is 5. The number of phenolic OH excluding ortho intramolecular Hbond substituents is 1. The number of phenols is 1. The fraction of sp³-hybridized carbons (Fsp3) is 0.409. The third-order valence-corrected chi connectivity index (χ3v) is 5.87. The van der Waals surface area contributed by atoms with Crippen molar-refractivity contribution in [2.75, 3.05) is 12.3 Å². The number of benzene rings is 1. The van der Waals surface area contributed by atoms with Crippen LogP contribution in [0.5, 0.6) is 5.75 Å². The minimum atomic E-state index is -0.110. The lowest BCUT2D eigenvalue weighted by Crippen LogP contribution is -2.26. The van der Waals surface area contributed by atoms with Crippen LogP contribution < -0.4 is 5.32 Å². The molecule has 4 rings (SSSR count). The van der Waals surface area contributed by atoms with Crippen LogP contribution in [0.25, 0.3) is 11.3 Å². The number of carbonyl (C=O) groups is 1. The van der Waals surface area contributed by atoms with E-state index in [9.17, 15) is 9.90 Å². The summed E-state index contributed by atoms with van der Waals surface area (Å²) in [4.78, 5) is 12.6. The van der Waals surface area contributed by atoms with Gasteiger partial charge in [0.25, 0.3) is 5.91 Å². The number of rotatable bonds is 9. The summed E-state index contributed by atoms with van der Waals surface area (Å²) in [5, 5.41) is 24.4. The molecule has 0 unspecified atom stereocenters. The van der Waals surface area contributed by atoms with E-state index < -0.39 is 0 Å². The molecule has 1 amide bonds. The quantitative estimate of drug-likeness (QED) is 0.312. The van der Waals surface area contributed by atoms with E-state index in [2.05, 4.69) is 33.2 Å². The highest BCUT2D eigenvalue weighted by molar-refractivity contribution is 7.80. The van der Waals surface area contributed by atoms with E-state index in [4.69, 9.17) is 0 Å². The number of nitrogens with zero attached hydrogens (tertiary/aromatic N) is 3. The van der Waals surface area contributed by atoms with Gasteiger partial charge in [-0.05, 0) is 49.1 Å². The summed E-state index contributed by atoms with van der Waals surface area (Å²) in [7, 11) is 0. The maximum atomic E-state index is 12.6. The number of carbonyl (C=O) groups excluding carboxylic acids is 1. The highest BCUT2D eigenvalue weighted by atomic mass is 32.1. The minimum absolute atomic E-state index is 0.110. The monoisotopic (exact) mass is 425 g/mol. The van der Waals surface area contributed by atoms with E-state index in [1.54, 1.807) is 12.1 Å². The lowest BCUT2D eigenvalue weighted by Gasteiger charge is -2.15. The molecule has 7 nitrogen and oxygen atoms in total. The van der Waals surface area contributed by atoms with Crippen LogP contribution in [-0.2, 0) is 19.4 Å². The molecule has 1 aliphatic rings. The Kier molecular flexibility index (Phi) is 6.42. The number of amides is 1. The largest absolute Gasteiger partial charge is 0.508 e. The van der Waals surface area contributed by atoms with Crippen LogP contribution in [0.2, 0.25) is 0 Å². The lowest BCUT2D eigenvalue weighted by molar-refractivity contribution is 0.0947. The van der Waals surface area contributed by atoms with Gasteiger partial charge >= 0.3 is 0 Å². The smallest absolute Gasteiger partial charge is 0.272 e. The minimum Gasteiger partial charge on any atom is -0.508 e. The molecule has 8 heteroatoms. The molecule has 0 fully saturated rings. The fourth-order valence-corrected chi connectivity index (χ4v) is 4.16. The molecule has 2 heterocycles. The fourth-order valence-electron chi connectivity index (χ4n) is 3.93. The van der Waals surface area contributed by atoms with Gasteiger partial charge in [0, 0.05) is 23.4 Å². The molecule has 1 aromatic carbocycles. The number of H-pyrrole nitrogens is 1. The molecule has 0 bridgehead atoms. The van der Waals surface area contributed by atoms with Gasteiger partial charge in [0.15, 0.2) is 5.69 Å². The van der Waals surface area contributed by atoms with Crippen LogP contribution in [0.15, 0.2) is 30.5 Å². The zero-order valence-electron chi connectivity index (χ0n) is 16.9. The Bertz CT molecular complexity index is 1010. The molecule has 0 atom stereocenters. The van der Waals surface area contributed by atoms with Crippen molar-refractivity contribution in [2.24, 2.45) is 0 Å². The van der Waals surface area contributed by atoms with Gasteiger partial charge in [0.1, 0.15) is 5.75 Å². The van der Waals surface area contributed by atoms with Gasteiger partial charge in [-0.1, -0.05) is 25.0 Å². The first-order valence-electron chi connectivity index (χ1n) is 10.5. The molecule has 3 aromatic rings. The molecular formula is C22H27N5O2S. The maximum absolute atomic E-state index is 12.6. The van der Waals surface area contributed by atoms with Gasteiger partial charge in [-0.15, -0.1) is 0 Å². The van der Waals surface area contributed by atoms with E-state index in [0.717, 1.165) is 72.4 Å². The lowest BCUT2D eigenvalue weighted by atomic mass is 9.93. The number of aromatic amines is 1. The Balaban J connectivity index is 1.43. The van der Waals surface area contributed by atoms with Gasteiger partial charge in [-0.2, -0.15) is 22.8 Å². The molecule has 0 saturated heterocycles. The highest BCUT2D eigenvalue weighted by Crippen LogP contribution is 2.33. The Labute approximate surface area is 181 Å². The van der Waals surface area contributed by atoms with Crippen LogP contribution in [0.1, 0.15) is 53.0 Å². The molecule has 3 N–H and O–H groups in total. The number of hydrogen-bond donors (Lipinski definition) is 4. The van der Waals surface area contributed by atoms with Crippen molar-refractivity contribution in [1.82, 2.24) is 25.3 Å². The molecule has 158 valence electrons. The number of fused-ring (bicyclic) bond motifs is 3. The number of nitrogens with one attached hydrogen (secondary N) is 2. The molecule has 0 aliphatic heterocycles. The first kappa shape index (κ1) is 20.5. The van der Waals surface area contributed by atoms with Gasteiger partial charge in [0.2, 0.25) is 0 Å². The van der Waals surface area contributed by atoms with Crippen LogP contribution >= 0.6 is 12.6 Å². The number of unbranched alkanes of at least 4 members (excludes halogenated alkanes) is 3. The van der Waals surface area contributed by atoms with Crippen molar-refractivity contribution in [1.29, 1.82) is 0 Å². The van der Waals surface area contributed by atoms with E-state index in [0.29, 0.717) is 18.8 Å². The third-order valence-electron chi connectivity index (χ3n) is 5.55. The normalized spacial score (nSPS) is 12.4. The summed E-state index contributed by atoms with van der Waals surface area (Å²) in [5.74, 6) is 1.06. The van der Waals surface area contributed by atoms with Crippen LogP contribution in [0.3, 0.4) is 0 Å². The van der Waals surface area contributed by atoms with E-state index in [-0.39, 0.29) is 11.7 Å². The van der Waals surface area contributed by atoms with E-state index in [1.165, 1.54) is 0 Å². The molecule has 30 heavy (non-hydrogen) atoms. The van der Waals surface area contributed by atoms with Crippen molar-refractivity contribution in [3.05, 3.63) is 53.0 Å². The third kappa shape index (κ3) is 4.38. The van der Waals surface area contributed by atoms with Crippen molar-refractivity contribution >= 4 is 18.5 Å². The standard InChI is InChI=1S/C22H27N5O2S/c28-16-7-5-15(6-8-16)14-27-19-10-9-17-20(18(19)13-24-27)25-26-21(17)22(29)23-11-3-1-2-4-12-30/h5-8,13,28,30H,1-4,9-12,14H2,(H,23,29)(H,25,26). The van der Waals surface area contributed by atoms with Crippen LogP contribution in [0, 0.1) is 0 Å². The topological polar surface area (TPSA) is 95.8 Å². The molecular weight excluding hydrogens is 398 g/mol. The maximum Gasteiger partial charge on any atom is 0.272 e. The van der Waals surface area contributed by atoms with Crippen molar-refractivity contribution in [2.45, 2.75) is 45.1 Å². The number of aromatic hydroxyl groups is 1. The summed E-state index contributed by atoms with van der Waals surface area (Å²) in [6.45, 7) is 1.31. The summed E-state index contributed by atoms with van der Waals surface area (Å²) >= 11 is 4.22. The SMILES string of the molecule is O=C(NCCCCCCS)c1n[nH]c2c1CCc1c-2cnn1Cc1ccc(O)cc1. The molecule has 0 saturated carbocycles. The van der Waals surface area contributed by atoms with E-state index in [1.807, 2.05) is 23.0 Å². The first-order valence-corrected chi connectivity index (χ1v) is 11.1. The van der Waals surface area contributed by atoms with Gasteiger partial charge in [0.05, 0.1) is 18.4 Å². The Hall–Kier alpha value is -2.74.